The number of nitrogens with one attached hydrogen (secondary N) is 1. The minimum Gasteiger partial charge on any atom is -0.321 e. The monoisotopic (exact) mass is 271 g/mol. The van der Waals surface area contributed by atoms with Gasteiger partial charge in [0.25, 0.3) is 5.91 Å². The molecule has 1 N–H and O–H groups in total. The molecular weight excluding hydrogens is 254 g/mol. The molecule has 98 valence electrons. The van der Waals surface area contributed by atoms with Crippen LogP contribution >= 0.6 is 11.3 Å². The van der Waals surface area contributed by atoms with E-state index in [1.807, 2.05) is 26.0 Å². The Bertz CT molecular complexity index is 621. The highest BCUT2D eigenvalue weighted by atomic mass is 32.1. The van der Waals surface area contributed by atoms with E-state index in [0.717, 1.165) is 34.5 Å². The molecular formula is C16H17NOS. The van der Waals surface area contributed by atoms with Crippen molar-refractivity contribution >= 4 is 22.9 Å². The lowest BCUT2D eigenvalue weighted by molar-refractivity contribution is 0.103. The number of hydrogen-bond donors (Lipinski definition) is 1. The molecule has 1 aliphatic carbocycles. The van der Waals surface area contributed by atoms with E-state index in [9.17, 15) is 4.79 Å². The molecule has 0 radical (unpaired) electrons. The van der Waals surface area contributed by atoms with Crippen LogP contribution in [0.15, 0.2) is 24.3 Å². The second-order valence-corrected chi connectivity index (χ2v) is 6.32. The summed E-state index contributed by atoms with van der Waals surface area (Å²) in [5, 5.41) is 3.03. The average molecular weight is 271 g/mol. The zero-order chi connectivity index (χ0) is 13.4. The highest BCUT2D eigenvalue weighted by Gasteiger charge is 2.18. The Hall–Kier alpha value is -1.61. The van der Waals surface area contributed by atoms with Gasteiger partial charge < -0.3 is 5.32 Å². The van der Waals surface area contributed by atoms with Crippen molar-refractivity contribution in [3.8, 4) is 0 Å². The number of rotatable bonds is 2. The lowest BCUT2D eigenvalue weighted by Gasteiger charge is -2.08. The van der Waals surface area contributed by atoms with E-state index >= 15 is 0 Å². The van der Waals surface area contributed by atoms with E-state index in [4.69, 9.17) is 0 Å². The van der Waals surface area contributed by atoms with Crippen LogP contribution in [0.25, 0.3) is 0 Å². The summed E-state index contributed by atoms with van der Waals surface area (Å²) in [6.45, 7) is 4.05. The lowest BCUT2D eigenvalue weighted by Crippen LogP contribution is -2.11. The van der Waals surface area contributed by atoms with Crippen molar-refractivity contribution in [2.75, 3.05) is 5.32 Å². The van der Waals surface area contributed by atoms with Gasteiger partial charge in [-0.05, 0) is 61.9 Å². The third-order valence-electron chi connectivity index (χ3n) is 3.61. The number of fused-ring (bicyclic) bond motifs is 1. The van der Waals surface area contributed by atoms with E-state index in [1.54, 1.807) is 11.3 Å². The normalized spacial score (nSPS) is 13.4. The molecule has 0 spiro atoms. The number of thiophene rings is 1. The summed E-state index contributed by atoms with van der Waals surface area (Å²) < 4.78 is 0. The molecule has 1 aliphatic rings. The van der Waals surface area contributed by atoms with Crippen molar-refractivity contribution < 1.29 is 4.79 Å². The molecule has 19 heavy (non-hydrogen) atoms. The minimum atomic E-state index is 0.0214. The number of carbonyl (C=O) groups excluding carboxylic acids is 1. The van der Waals surface area contributed by atoms with Gasteiger partial charge in [-0.1, -0.05) is 12.1 Å². The van der Waals surface area contributed by atoms with Crippen molar-refractivity contribution in [2.45, 2.75) is 33.1 Å². The molecule has 0 bridgehead atoms. The first-order valence-corrected chi connectivity index (χ1v) is 7.45. The largest absolute Gasteiger partial charge is 0.321 e. The summed E-state index contributed by atoms with van der Waals surface area (Å²) in [5.74, 6) is 0.0214. The SMILES string of the molecule is Cc1ccc(C)c(NC(=O)c2cc3c(s2)CCC3)c1. The molecule has 0 saturated heterocycles. The third-order valence-corrected chi connectivity index (χ3v) is 4.85. The van der Waals surface area contributed by atoms with Crippen molar-refractivity contribution in [1.29, 1.82) is 0 Å². The molecule has 1 aromatic heterocycles. The van der Waals surface area contributed by atoms with E-state index in [1.165, 1.54) is 16.9 Å². The van der Waals surface area contributed by atoms with Crippen LogP contribution in [-0.2, 0) is 12.8 Å². The summed E-state index contributed by atoms with van der Waals surface area (Å²) >= 11 is 1.65. The van der Waals surface area contributed by atoms with Gasteiger partial charge in [-0.15, -0.1) is 11.3 Å². The first kappa shape index (κ1) is 12.4. The van der Waals surface area contributed by atoms with Crippen LogP contribution in [0, 0.1) is 13.8 Å². The molecule has 2 aromatic rings. The van der Waals surface area contributed by atoms with Gasteiger partial charge >= 0.3 is 0 Å². The van der Waals surface area contributed by atoms with E-state index in [2.05, 4.69) is 17.4 Å². The molecule has 2 nitrogen and oxygen atoms in total. The molecule has 0 saturated carbocycles. The van der Waals surface area contributed by atoms with E-state index in [0.29, 0.717) is 0 Å². The number of anilines is 1. The molecule has 1 aromatic carbocycles. The van der Waals surface area contributed by atoms with Crippen LogP contribution in [0.5, 0.6) is 0 Å². The van der Waals surface area contributed by atoms with Gasteiger partial charge in [-0.2, -0.15) is 0 Å². The summed E-state index contributed by atoms with van der Waals surface area (Å²) in [6.07, 6.45) is 3.50. The first-order valence-electron chi connectivity index (χ1n) is 6.63. The smallest absolute Gasteiger partial charge is 0.265 e. The van der Waals surface area contributed by atoms with Crippen molar-refractivity contribution in [3.63, 3.8) is 0 Å². The summed E-state index contributed by atoms with van der Waals surface area (Å²) in [4.78, 5) is 14.5. The Kier molecular flexibility index (Phi) is 3.15. The van der Waals surface area contributed by atoms with Gasteiger partial charge in [-0.3, -0.25) is 4.79 Å². The van der Waals surface area contributed by atoms with Crippen LogP contribution in [0.2, 0.25) is 0 Å². The zero-order valence-corrected chi connectivity index (χ0v) is 12.1. The Morgan fingerprint density at radius 2 is 2.05 bits per heavy atom. The average Bonchev–Trinajstić information content (AvgIpc) is 2.94. The van der Waals surface area contributed by atoms with Crippen molar-refractivity contribution in [2.24, 2.45) is 0 Å². The fourth-order valence-electron chi connectivity index (χ4n) is 2.50. The first-order chi connectivity index (χ1) is 9.13. The molecule has 3 heteroatoms. The Labute approximate surface area is 117 Å². The minimum absolute atomic E-state index is 0.0214. The Balaban J connectivity index is 1.82. The lowest BCUT2D eigenvalue weighted by atomic mass is 10.1. The zero-order valence-electron chi connectivity index (χ0n) is 11.2. The molecule has 0 aliphatic heterocycles. The maximum absolute atomic E-state index is 12.3. The predicted molar refractivity (Wildman–Crippen MR) is 80.2 cm³/mol. The maximum Gasteiger partial charge on any atom is 0.265 e. The van der Waals surface area contributed by atoms with Gasteiger partial charge in [0.2, 0.25) is 0 Å². The van der Waals surface area contributed by atoms with Gasteiger partial charge in [0.1, 0.15) is 0 Å². The fourth-order valence-corrected chi connectivity index (χ4v) is 3.64. The molecule has 1 amide bonds. The molecule has 3 rings (SSSR count). The standard InChI is InChI=1S/C16H17NOS/c1-10-6-7-11(2)13(8-10)17-16(18)15-9-12-4-3-5-14(12)19-15/h6-9H,3-5H2,1-2H3,(H,17,18). The van der Waals surface area contributed by atoms with Gasteiger partial charge in [0.15, 0.2) is 0 Å². The fraction of sp³-hybridized carbons (Fsp3) is 0.312. The number of benzene rings is 1. The number of hydrogen-bond acceptors (Lipinski definition) is 2. The number of carbonyl (C=O) groups is 1. The van der Waals surface area contributed by atoms with Crippen molar-refractivity contribution in [3.05, 3.63) is 50.7 Å². The topological polar surface area (TPSA) is 29.1 Å². The molecule has 0 unspecified atom stereocenters. The quantitative estimate of drug-likeness (QED) is 0.875. The molecule has 0 fully saturated rings. The van der Waals surface area contributed by atoms with E-state index in [-0.39, 0.29) is 5.91 Å². The van der Waals surface area contributed by atoms with Crippen LogP contribution in [-0.4, -0.2) is 5.91 Å². The predicted octanol–water partition coefficient (Wildman–Crippen LogP) is 4.11. The van der Waals surface area contributed by atoms with Crippen LogP contribution in [0.1, 0.15) is 37.7 Å². The highest BCUT2D eigenvalue weighted by molar-refractivity contribution is 7.14. The maximum atomic E-state index is 12.3. The summed E-state index contributed by atoms with van der Waals surface area (Å²) in [5.41, 5.74) is 4.55. The second kappa shape index (κ2) is 4.82. The summed E-state index contributed by atoms with van der Waals surface area (Å²) in [6, 6.07) is 8.19. The summed E-state index contributed by atoms with van der Waals surface area (Å²) in [7, 11) is 0. The Morgan fingerprint density at radius 1 is 1.21 bits per heavy atom. The van der Waals surface area contributed by atoms with Crippen LogP contribution in [0.3, 0.4) is 0 Å². The van der Waals surface area contributed by atoms with Crippen molar-refractivity contribution in [1.82, 2.24) is 0 Å². The van der Waals surface area contributed by atoms with Gasteiger partial charge in [0.05, 0.1) is 4.88 Å². The third kappa shape index (κ3) is 2.43. The number of aryl methyl sites for hydroxylation is 4. The van der Waals surface area contributed by atoms with Gasteiger partial charge in [0, 0.05) is 10.6 Å². The van der Waals surface area contributed by atoms with E-state index < -0.39 is 0 Å². The highest BCUT2D eigenvalue weighted by Crippen LogP contribution is 2.31. The van der Waals surface area contributed by atoms with Crippen LogP contribution in [0.4, 0.5) is 5.69 Å². The molecule has 0 atom stereocenters. The van der Waals surface area contributed by atoms with Gasteiger partial charge in [-0.25, -0.2) is 0 Å². The Morgan fingerprint density at radius 3 is 2.84 bits per heavy atom. The number of amides is 1. The second-order valence-electron chi connectivity index (χ2n) is 5.19. The van der Waals surface area contributed by atoms with Crippen LogP contribution < -0.4 is 5.32 Å². The molecule has 1 heterocycles.